The topological polar surface area (TPSA) is 51.6 Å². The Morgan fingerprint density at radius 1 is 0.265 bits per heavy atom. The Kier molecular flexibility index (Phi) is 8.29. The van der Waals surface area contributed by atoms with Gasteiger partial charge in [-0.15, -0.1) is 0 Å². The van der Waals surface area contributed by atoms with Crippen LogP contribution in [0.25, 0.3) is 78.9 Å². The van der Waals surface area contributed by atoms with Gasteiger partial charge in [0, 0.05) is 38.4 Å². The molecule has 0 saturated heterocycles. The van der Waals surface area contributed by atoms with Crippen LogP contribution in [0.15, 0.2) is 176 Å². The van der Waals surface area contributed by atoms with E-state index in [1.807, 2.05) is 109 Å². The van der Waals surface area contributed by atoms with Crippen LogP contribution in [0.5, 0.6) is 0 Å². The standard InChI is InChI=1S/C44H29ClN4/c45-38-26-24-35(25-27-38)42-29-41(48-44(49-42)37-14-8-3-9-15-37)34-22-18-31(19-23-34)30-16-20-33(21-17-30)40-28-39(32-10-4-1-5-11-32)46-43(47-40)36-12-6-2-7-13-36/h1-29H. The van der Waals surface area contributed by atoms with E-state index >= 15 is 0 Å². The van der Waals surface area contributed by atoms with E-state index in [2.05, 4.69) is 66.7 Å². The lowest BCUT2D eigenvalue weighted by Gasteiger charge is -2.11. The van der Waals surface area contributed by atoms with Crippen LogP contribution in [0.2, 0.25) is 5.02 Å². The molecule has 0 fully saturated rings. The molecule has 0 amide bonds. The van der Waals surface area contributed by atoms with Crippen LogP contribution in [0.1, 0.15) is 0 Å². The first-order valence-electron chi connectivity index (χ1n) is 16.1. The predicted molar refractivity (Wildman–Crippen MR) is 201 cm³/mol. The molecule has 0 spiro atoms. The first-order chi connectivity index (χ1) is 24.2. The van der Waals surface area contributed by atoms with Crippen molar-refractivity contribution in [3.63, 3.8) is 0 Å². The van der Waals surface area contributed by atoms with Crippen LogP contribution < -0.4 is 0 Å². The molecule has 5 heteroatoms. The van der Waals surface area contributed by atoms with Crippen molar-refractivity contribution in [2.45, 2.75) is 0 Å². The highest BCUT2D eigenvalue weighted by Gasteiger charge is 2.13. The van der Waals surface area contributed by atoms with E-state index in [-0.39, 0.29) is 0 Å². The molecule has 4 nitrogen and oxygen atoms in total. The summed E-state index contributed by atoms with van der Waals surface area (Å²) in [6.07, 6.45) is 0. The van der Waals surface area contributed by atoms with E-state index in [0.29, 0.717) is 16.7 Å². The van der Waals surface area contributed by atoms with Crippen molar-refractivity contribution in [2.24, 2.45) is 0 Å². The maximum absolute atomic E-state index is 6.18. The molecule has 0 bridgehead atoms. The lowest BCUT2D eigenvalue weighted by Crippen LogP contribution is -1.96. The summed E-state index contributed by atoms with van der Waals surface area (Å²) in [6, 6.07) is 59.3. The summed E-state index contributed by atoms with van der Waals surface area (Å²) < 4.78 is 0. The molecule has 0 aliphatic carbocycles. The van der Waals surface area contributed by atoms with Crippen molar-refractivity contribution >= 4 is 11.6 Å². The van der Waals surface area contributed by atoms with Gasteiger partial charge >= 0.3 is 0 Å². The average molecular weight is 649 g/mol. The molecular weight excluding hydrogens is 620 g/mol. The van der Waals surface area contributed by atoms with Crippen molar-refractivity contribution < 1.29 is 0 Å². The van der Waals surface area contributed by atoms with Crippen molar-refractivity contribution in [1.29, 1.82) is 0 Å². The van der Waals surface area contributed by atoms with Gasteiger partial charge in [-0.3, -0.25) is 0 Å². The minimum Gasteiger partial charge on any atom is -0.228 e. The molecule has 2 aromatic heterocycles. The van der Waals surface area contributed by atoms with Crippen LogP contribution in [-0.4, -0.2) is 19.9 Å². The molecule has 0 atom stereocenters. The van der Waals surface area contributed by atoms with Crippen molar-refractivity contribution in [2.75, 3.05) is 0 Å². The highest BCUT2D eigenvalue weighted by atomic mass is 35.5. The fraction of sp³-hybridized carbons (Fsp3) is 0. The Labute approximate surface area is 290 Å². The van der Waals surface area contributed by atoms with Gasteiger partial charge in [0.25, 0.3) is 0 Å². The first-order valence-corrected chi connectivity index (χ1v) is 16.5. The summed E-state index contributed by atoms with van der Waals surface area (Å²) in [5.41, 5.74) is 11.7. The van der Waals surface area contributed by atoms with Gasteiger partial charge in [0.15, 0.2) is 11.6 Å². The van der Waals surface area contributed by atoms with Gasteiger partial charge in [0.05, 0.1) is 22.8 Å². The molecule has 0 radical (unpaired) electrons. The summed E-state index contributed by atoms with van der Waals surface area (Å²) in [6.45, 7) is 0. The maximum atomic E-state index is 6.18. The second-order valence-electron chi connectivity index (χ2n) is 11.7. The molecular formula is C44H29ClN4. The molecule has 0 N–H and O–H groups in total. The Balaban J connectivity index is 1.11. The molecule has 0 unspecified atom stereocenters. The van der Waals surface area contributed by atoms with Gasteiger partial charge in [-0.05, 0) is 35.4 Å². The SMILES string of the molecule is Clc1ccc(-c2cc(-c3ccc(-c4ccc(-c5cc(-c6ccccc6)nc(-c6ccccc6)n5)cc4)cc3)nc(-c3ccccc3)n2)cc1. The summed E-state index contributed by atoms with van der Waals surface area (Å²) in [7, 11) is 0. The average Bonchev–Trinajstić information content (AvgIpc) is 3.19. The largest absolute Gasteiger partial charge is 0.228 e. The quantitative estimate of drug-likeness (QED) is 0.172. The summed E-state index contributed by atoms with van der Waals surface area (Å²) in [4.78, 5) is 19.8. The van der Waals surface area contributed by atoms with E-state index in [0.717, 1.165) is 67.3 Å². The minimum absolute atomic E-state index is 0.679. The van der Waals surface area contributed by atoms with Gasteiger partial charge in [-0.1, -0.05) is 163 Å². The number of hydrogen-bond acceptors (Lipinski definition) is 4. The highest BCUT2D eigenvalue weighted by Crippen LogP contribution is 2.32. The zero-order valence-corrected chi connectivity index (χ0v) is 27.2. The number of hydrogen-bond donors (Lipinski definition) is 0. The van der Waals surface area contributed by atoms with E-state index in [1.54, 1.807) is 0 Å². The molecule has 8 aromatic rings. The van der Waals surface area contributed by atoms with E-state index in [9.17, 15) is 0 Å². The van der Waals surface area contributed by atoms with Gasteiger partial charge in [-0.2, -0.15) is 0 Å². The second-order valence-corrected chi connectivity index (χ2v) is 12.1. The van der Waals surface area contributed by atoms with E-state index in [4.69, 9.17) is 31.5 Å². The van der Waals surface area contributed by atoms with Crippen LogP contribution in [0.3, 0.4) is 0 Å². The molecule has 232 valence electrons. The molecule has 0 aliphatic heterocycles. The molecule has 8 rings (SSSR count). The number of halogens is 1. The monoisotopic (exact) mass is 648 g/mol. The van der Waals surface area contributed by atoms with Gasteiger partial charge in [0.2, 0.25) is 0 Å². The van der Waals surface area contributed by atoms with E-state index < -0.39 is 0 Å². The molecule has 0 aliphatic rings. The van der Waals surface area contributed by atoms with Crippen LogP contribution in [0.4, 0.5) is 0 Å². The molecule has 49 heavy (non-hydrogen) atoms. The smallest absolute Gasteiger partial charge is 0.160 e. The zero-order valence-electron chi connectivity index (χ0n) is 26.4. The minimum atomic E-state index is 0.679. The Hall–Kier alpha value is -6.23. The highest BCUT2D eigenvalue weighted by molar-refractivity contribution is 6.30. The van der Waals surface area contributed by atoms with Gasteiger partial charge < -0.3 is 0 Å². The number of benzene rings is 6. The molecule has 2 heterocycles. The molecule has 6 aromatic carbocycles. The number of nitrogens with zero attached hydrogens (tertiary/aromatic N) is 4. The Morgan fingerprint density at radius 3 is 0.878 bits per heavy atom. The van der Waals surface area contributed by atoms with Gasteiger partial charge in [-0.25, -0.2) is 19.9 Å². The van der Waals surface area contributed by atoms with Crippen molar-refractivity contribution in [3.05, 3.63) is 181 Å². The fourth-order valence-electron chi connectivity index (χ4n) is 5.82. The fourth-order valence-corrected chi connectivity index (χ4v) is 5.94. The predicted octanol–water partition coefficient (Wildman–Crippen LogP) is 11.6. The number of aromatic nitrogens is 4. The summed E-state index contributed by atoms with van der Waals surface area (Å²) in [5, 5.41) is 0.691. The van der Waals surface area contributed by atoms with E-state index in [1.165, 1.54) is 0 Å². The second kappa shape index (κ2) is 13.5. The third-order valence-electron chi connectivity index (χ3n) is 8.42. The zero-order chi connectivity index (χ0) is 33.0. The van der Waals surface area contributed by atoms with Crippen LogP contribution in [0, 0.1) is 0 Å². The Morgan fingerprint density at radius 2 is 0.531 bits per heavy atom. The van der Waals surface area contributed by atoms with Crippen molar-refractivity contribution in [1.82, 2.24) is 19.9 Å². The van der Waals surface area contributed by atoms with Crippen LogP contribution >= 0.6 is 11.6 Å². The normalized spacial score (nSPS) is 11.0. The number of rotatable bonds is 7. The third kappa shape index (κ3) is 6.64. The summed E-state index contributed by atoms with van der Waals surface area (Å²) in [5.74, 6) is 1.38. The lowest BCUT2D eigenvalue weighted by molar-refractivity contribution is 1.18. The lowest BCUT2D eigenvalue weighted by atomic mass is 9.99. The summed E-state index contributed by atoms with van der Waals surface area (Å²) >= 11 is 6.18. The molecule has 0 saturated carbocycles. The van der Waals surface area contributed by atoms with Crippen LogP contribution in [-0.2, 0) is 0 Å². The Bertz CT molecular complexity index is 2280. The maximum Gasteiger partial charge on any atom is 0.160 e. The third-order valence-corrected chi connectivity index (χ3v) is 8.67. The van der Waals surface area contributed by atoms with Gasteiger partial charge in [0.1, 0.15) is 0 Å². The van der Waals surface area contributed by atoms with Crippen molar-refractivity contribution in [3.8, 4) is 78.9 Å². The first kappa shape index (κ1) is 30.1.